The summed E-state index contributed by atoms with van der Waals surface area (Å²) in [5, 5.41) is 0. The van der Waals surface area contributed by atoms with Crippen LogP contribution in [0.4, 0.5) is 8.78 Å². The molecular formula is C29H30F2O2. The van der Waals surface area contributed by atoms with Crippen LogP contribution < -0.4 is 4.74 Å². The van der Waals surface area contributed by atoms with Crippen molar-refractivity contribution in [3.63, 3.8) is 0 Å². The van der Waals surface area contributed by atoms with Gasteiger partial charge in [-0.1, -0.05) is 67.6 Å². The molecule has 0 amide bonds. The van der Waals surface area contributed by atoms with Gasteiger partial charge in [0.25, 0.3) is 0 Å². The van der Waals surface area contributed by atoms with Gasteiger partial charge < -0.3 is 9.47 Å². The van der Waals surface area contributed by atoms with Crippen LogP contribution in [0, 0.1) is 11.6 Å². The predicted molar refractivity (Wildman–Crippen MR) is 130 cm³/mol. The van der Waals surface area contributed by atoms with Gasteiger partial charge in [0, 0.05) is 11.5 Å². The smallest absolute Gasteiger partial charge is 0.201 e. The van der Waals surface area contributed by atoms with Gasteiger partial charge in [0.05, 0.1) is 19.3 Å². The fraction of sp³-hybridized carbons (Fsp3) is 0.310. The van der Waals surface area contributed by atoms with Crippen LogP contribution >= 0.6 is 0 Å². The molecule has 1 fully saturated rings. The van der Waals surface area contributed by atoms with Crippen molar-refractivity contribution in [1.29, 1.82) is 0 Å². The summed E-state index contributed by atoms with van der Waals surface area (Å²) in [6.07, 6.45) is 7.30. The van der Waals surface area contributed by atoms with Crippen molar-refractivity contribution in [3.8, 4) is 28.0 Å². The van der Waals surface area contributed by atoms with Crippen LogP contribution in [-0.4, -0.2) is 19.3 Å². The second-order valence-corrected chi connectivity index (χ2v) is 8.46. The molecule has 4 rings (SSSR count). The molecule has 172 valence electrons. The summed E-state index contributed by atoms with van der Waals surface area (Å²) in [5.74, 6) is -1.45. The minimum absolute atomic E-state index is 0.0458. The van der Waals surface area contributed by atoms with Crippen molar-refractivity contribution >= 4 is 0 Å². The van der Waals surface area contributed by atoms with Crippen LogP contribution in [0.25, 0.3) is 22.3 Å². The minimum Gasteiger partial charge on any atom is -0.490 e. The molecular weight excluding hydrogens is 418 g/mol. The first-order chi connectivity index (χ1) is 16.1. The van der Waals surface area contributed by atoms with Crippen molar-refractivity contribution < 1.29 is 18.3 Å². The first kappa shape index (κ1) is 23.2. The number of halogens is 2. The highest BCUT2D eigenvalue weighted by Crippen LogP contribution is 2.33. The molecule has 1 heterocycles. The summed E-state index contributed by atoms with van der Waals surface area (Å²) in [6.45, 7) is 5.04. The normalized spacial score (nSPS) is 18.5. The average molecular weight is 449 g/mol. The molecule has 1 aliphatic rings. The second-order valence-electron chi connectivity index (χ2n) is 8.46. The van der Waals surface area contributed by atoms with E-state index in [1.54, 1.807) is 6.07 Å². The Balaban J connectivity index is 1.46. The molecule has 0 aromatic heterocycles. The monoisotopic (exact) mass is 448 g/mol. The standard InChI is InChI=1S/C29H30F2O2/c1-3-5-25-15-14-24(19-33-25)22-8-6-20(7-9-22)21-10-12-23(13-11-21)26-16-17-27(32-18-4-2)29(31)28(26)30/h3,5-13,16-17,24-25H,4,14-15,18-19H2,1-2H3. The maximum Gasteiger partial charge on any atom is 0.201 e. The Morgan fingerprint density at radius 3 is 2.15 bits per heavy atom. The van der Waals surface area contributed by atoms with E-state index in [2.05, 4.69) is 30.3 Å². The molecule has 0 aliphatic carbocycles. The van der Waals surface area contributed by atoms with E-state index in [-0.39, 0.29) is 17.4 Å². The van der Waals surface area contributed by atoms with E-state index in [0.29, 0.717) is 18.1 Å². The summed E-state index contributed by atoms with van der Waals surface area (Å²) in [4.78, 5) is 0. The first-order valence-electron chi connectivity index (χ1n) is 11.7. The molecule has 0 saturated carbocycles. The Bertz CT molecular complexity index is 1080. The van der Waals surface area contributed by atoms with Gasteiger partial charge in [0.15, 0.2) is 11.6 Å². The molecule has 4 heteroatoms. The third kappa shape index (κ3) is 5.33. The third-order valence-electron chi connectivity index (χ3n) is 6.14. The summed E-state index contributed by atoms with van der Waals surface area (Å²) in [5.41, 5.74) is 4.26. The van der Waals surface area contributed by atoms with Gasteiger partial charge in [0.2, 0.25) is 5.82 Å². The fourth-order valence-electron chi connectivity index (χ4n) is 4.27. The summed E-state index contributed by atoms with van der Waals surface area (Å²) >= 11 is 0. The molecule has 0 N–H and O–H groups in total. The summed E-state index contributed by atoms with van der Waals surface area (Å²) < 4.78 is 40.2. The number of ether oxygens (including phenoxy) is 2. The number of hydrogen-bond donors (Lipinski definition) is 0. The van der Waals surface area contributed by atoms with E-state index in [1.165, 1.54) is 11.6 Å². The van der Waals surface area contributed by atoms with E-state index >= 15 is 0 Å². The molecule has 33 heavy (non-hydrogen) atoms. The van der Waals surface area contributed by atoms with Crippen LogP contribution in [-0.2, 0) is 4.74 Å². The van der Waals surface area contributed by atoms with Gasteiger partial charge in [-0.05, 0) is 60.6 Å². The first-order valence-corrected chi connectivity index (χ1v) is 11.7. The van der Waals surface area contributed by atoms with Crippen molar-refractivity contribution in [2.45, 2.75) is 45.1 Å². The SMILES string of the molecule is CC=CC1CCC(c2ccc(-c3ccc(-c4ccc(OCCC)c(F)c4F)cc3)cc2)CO1. The molecule has 2 nitrogen and oxygen atoms in total. The van der Waals surface area contributed by atoms with Crippen molar-refractivity contribution in [2.24, 2.45) is 0 Å². The summed E-state index contributed by atoms with van der Waals surface area (Å²) in [6, 6.07) is 19.1. The molecule has 1 aliphatic heterocycles. The molecule has 1 saturated heterocycles. The molecule has 2 atom stereocenters. The maximum atomic E-state index is 14.6. The largest absolute Gasteiger partial charge is 0.490 e. The van der Waals surface area contributed by atoms with Crippen LogP contribution in [0.15, 0.2) is 72.8 Å². The van der Waals surface area contributed by atoms with E-state index in [1.807, 2.05) is 44.2 Å². The fourth-order valence-corrected chi connectivity index (χ4v) is 4.27. The molecule has 0 bridgehead atoms. The number of benzene rings is 3. The predicted octanol–water partition coefficient (Wildman–Crippen LogP) is 7.93. The Morgan fingerprint density at radius 2 is 1.55 bits per heavy atom. The Kier molecular flexibility index (Phi) is 7.56. The van der Waals surface area contributed by atoms with Crippen LogP contribution in [0.5, 0.6) is 5.75 Å². The number of hydrogen-bond acceptors (Lipinski definition) is 2. The van der Waals surface area contributed by atoms with Gasteiger partial charge in [-0.3, -0.25) is 0 Å². The highest BCUT2D eigenvalue weighted by molar-refractivity contribution is 5.71. The van der Waals surface area contributed by atoms with Gasteiger partial charge >= 0.3 is 0 Å². The molecule has 2 unspecified atom stereocenters. The topological polar surface area (TPSA) is 18.5 Å². The van der Waals surface area contributed by atoms with E-state index in [9.17, 15) is 8.78 Å². The minimum atomic E-state index is -0.940. The highest BCUT2D eigenvalue weighted by Gasteiger charge is 2.21. The molecule has 3 aromatic carbocycles. The zero-order valence-corrected chi connectivity index (χ0v) is 19.2. The number of allylic oxidation sites excluding steroid dienone is 1. The van der Waals surface area contributed by atoms with Crippen LogP contribution in [0.1, 0.15) is 44.6 Å². The van der Waals surface area contributed by atoms with Gasteiger partial charge in [-0.2, -0.15) is 4.39 Å². The van der Waals surface area contributed by atoms with Crippen LogP contribution in [0.2, 0.25) is 0 Å². The second kappa shape index (κ2) is 10.8. The molecule has 3 aromatic rings. The van der Waals surface area contributed by atoms with Crippen molar-refractivity contribution in [3.05, 3.63) is 90.0 Å². The van der Waals surface area contributed by atoms with Crippen molar-refractivity contribution in [2.75, 3.05) is 13.2 Å². The number of rotatable bonds is 7. The summed E-state index contributed by atoms with van der Waals surface area (Å²) in [7, 11) is 0. The quantitative estimate of drug-likeness (QED) is 0.342. The Hall–Kier alpha value is -2.98. The lowest BCUT2D eigenvalue weighted by molar-refractivity contribution is 0.0326. The highest BCUT2D eigenvalue weighted by atomic mass is 19.2. The van der Waals surface area contributed by atoms with E-state index in [4.69, 9.17) is 9.47 Å². The lowest BCUT2D eigenvalue weighted by atomic mass is 9.90. The van der Waals surface area contributed by atoms with Crippen molar-refractivity contribution in [1.82, 2.24) is 0 Å². The van der Waals surface area contributed by atoms with E-state index < -0.39 is 11.6 Å². The van der Waals surface area contributed by atoms with Gasteiger partial charge in [-0.15, -0.1) is 0 Å². The third-order valence-corrected chi connectivity index (χ3v) is 6.14. The van der Waals surface area contributed by atoms with Crippen LogP contribution in [0.3, 0.4) is 0 Å². The Labute approximate surface area is 194 Å². The Morgan fingerprint density at radius 1 is 0.879 bits per heavy atom. The van der Waals surface area contributed by atoms with E-state index in [0.717, 1.165) is 37.0 Å². The molecule has 0 spiro atoms. The lowest BCUT2D eigenvalue weighted by Crippen LogP contribution is -2.23. The van der Waals surface area contributed by atoms with Gasteiger partial charge in [0.1, 0.15) is 0 Å². The maximum absolute atomic E-state index is 14.6. The zero-order valence-electron chi connectivity index (χ0n) is 19.2. The lowest BCUT2D eigenvalue weighted by Gasteiger charge is -2.27. The molecule has 0 radical (unpaired) electrons. The zero-order chi connectivity index (χ0) is 23.2. The van der Waals surface area contributed by atoms with Gasteiger partial charge in [-0.25, -0.2) is 4.39 Å². The average Bonchev–Trinajstić information content (AvgIpc) is 2.86.